The Balaban J connectivity index is 1.84. The molecule has 0 saturated heterocycles. The molecule has 0 radical (unpaired) electrons. The third kappa shape index (κ3) is 3.86. The van der Waals surface area contributed by atoms with Crippen LogP contribution in [0, 0.1) is 0 Å². The van der Waals surface area contributed by atoms with E-state index in [1.165, 1.54) is 16.8 Å². The number of rotatable bonds is 6. The number of nitrogens with one attached hydrogen (secondary N) is 1. The Kier molecular flexibility index (Phi) is 4.78. The van der Waals surface area contributed by atoms with E-state index in [0.717, 1.165) is 0 Å². The highest BCUT2D eigenvalue weighted by Crippen LogP contribution is 2.14. The van der Waals surface area contributed by atoms with Crippen molar-refractivity contribution in [3.05, 3.63) is 35.3 Å². The zero-order valence-corrected chi connectivity index (χ0v) is 11.6. The van der Waals surface area contributed by atoms with Crippen molar-refractivity contribution in [3.63, 3.8) is 0 Å². The zero-order chi connectivity index (χ0) is 14.4. The van der Waals surface area contributed by atoms with E-state index in [9.17, 15) is 9.59 Å². The van der Waals surface area contributed by atoms with E-state index in [1.807, 2.05) is 6.92 Å². The molecule has 104 valence electrons. The molecule has 1 amide bonds. The molecule has 0 aliphatic heterocycles. The molecule has 1 heterocycles. The number of anilines is 1. The first kappa shape index (κ1) is 14.1. The number of amides is 1. The standard InChI is InChI=1S/C13H13N3O3S/c1-2-11(17)9-3-5-10(6-4-9)19-7-12(18)15-13-16-14-8-20-13/h3-6,8H,2,7H2,1H3,(H,15,16,18). The fourth-order valence-corrected chi connectivity index (χ4v) is 1.93. The normalized spacial score (nSPS) is 10.1. The number of carbonyl (C=O) groups excluding carboxylic acids is 2. The molecule has 1 N–H and O–H groups in total. The van der Waals surface area contributed by atoms with Gasteiger partial charge in [-0.05, 0) is 24.3 Å². The number of Topliss-reactive ketones (excluding diaryl/α,β-unsaturated/α-hetero) is 1. The van der Waals surface area contributed by atoms with Crippen LogP contribution >= 0.6 is 11.3 Å². The number of nitrogens with zero attached hydrogens (tertiary/aromatic N) is 2. The van der Waals surface area contributed by atoms with Gasteiger partial charge in [0.05, 0.1) is 0 Å². The fraction of sp³-hybridized carbons (Fsp3) is 0.231. The fourth-order valence-electron chi connectivity index (χ4n) is 1.47. The molecule has 0 aliphatic rings. The van der Waals surface area contributed by atoms with E-state index in [2.05, 4.69) is 15.5 Å². The summed E-state index contributed by atoms with van der Waals surface area (Å²) in [6, 6.07) is 6.70. The van der Waals surface area contributed by atoms with Crippen LogP contribution in [-0.2, 0) is 4.79 Å². The number of ether oxygens (including phenoxy) is 1. The third-order valence-corrected chi connectivity index (χ3v) is 3.08. The van der Waals surface area contributed by atoms with Crippen LogP contribution in [0.4, 0.5) is 5.13 Å². The molecule has 0 saturated carbocycles. The van der Waals surface area contributed by atoms with Gasteiger partial charge in [0.2, 0.25) is 5.13 Å². The first-order chi connectivity index (χ1) is 9.69. The lowest BCUT2D eigenvalue weighted by Gasteiger charge is -2.06. The summed E-state index contributed by atoms with van der Waals surface area (Å²) < 4.78 is 5.32. The van der Waals surface area contributed by atoms with Crippen LogP contribution in [0.1, 0.15) is 23.7 Å². The highest BCUT2D eigenvalue weighted by atomic mass is 32.1. The van der Waals surface area contributed by atoms with Gasteiger partial charge in [0, 0.05) is 12.0 Å². The van der Waals surface area contributed by atoms with Gasteiger partial charge < -0.3 is 4.74 Å². The number of benzene rings is 1. The monoisotopic (exact) mass is 291 g/mol. The van der Waals surface area contributed by atoms with Crippen molar-refractivity contribution in [2.24, 2.45) is 0 Å². The highest BCUT2D eigenvalue weighted by Gasteiger charge is 2.07. The predicted molar refractivity (Wildman–Crippen MR) is 75.1 cm³/mol. The summed E-state index contributed by atoms with van der Waals surface area (Å²) >= 11 is 1.23. The Morgan fingerprint density at radius 1 is 1.30 bits per heavy atom. The molecular weight excluding hydrogens is 278 g/mol. The number of carbonyl (C=O) groups is 2. The molecular formula is C13H13N3O3S. The first-order valence-corrected chi connectivity index (χ1v) is 6.89. The Morgan fingerprint density at radius 3 is 2.65 bits per heavy atom. The number of hydrogen-bond acceptors (Lipinski definition) is 6. The molecule has 2 rings (SSSR count). The van der Waals surface area contributed by atoms with Crippen molar-refractivity contribution in [2.45, 2.75) is 13.3 Å². The minimum Gasteiger partial charge on any atom is -0.484 e. The van der Waals surface area contributed by atoms with Gasteiger partial charge in [-0.2, -0.15) is 0 Å². The smallest absolute Gasteiger partial charge is 0.264 e. The maximum absolute atomic E-state index is 11.6. The molecule has 6 nitrogen and oxygen atoms in total. The van der Waals surface area contributed by atoms with Crippen molar-refractivity contribution in [1.29, 1.82) is 0 Å². The average molecular weight is 291 g/mol. The molecule has 0 fully saturated rings. The van der Waals surface area contributed by atoms with E-state index >= 15 is 0 Å². The quantitative estimate of drug-likeness (QED) is 0.825. The van der Waals surface area contributed by atoms with Crippen LogP contribution in [0.5, 0.6) is 5.75 Å². The van der Waals surface area contributed by atoms with Crippen LogP contribution in [0.15, 0.2) is 29.8 Å². The molecule has 7 heteroatoms. The summed E-state index contributed by atoms with van der Waals surface area (Å²) in [6.07, 6.45) is 0.463. The average Bonchev–Trinajstić information content (AvgIpc) is 2.97. The Labute approximate surface area is 119 Å². The van der Waals surface area contributed by atoms with Gasteiger partial charge in [-0.25, -0.2) is 0 Å². The van der Waals surface area contributed by atoms with Crippen molar-refractivity contribution in [2.75, 3.05) is 11.9 Å². The van der Waals surface area contributed by atoms with Crippen molar-refractivity contribution < 1.29 is 14.3 Å². The second-order valence-corrected chi connectivity index (χ2v) is 4.72. The van der Waals surface area contributed by atoms with Crippen molar-refractivity contribution >= 4 is 28.2 Å². The minimum absolute atomic E-state index is 0.0746. The summed E-state index contributed by atoms with van der Waals surface area (Å²) in [6.45, 7) is 1.69. The molecule has 2 aromatic rings. The molecule has 20 heavy (non-hydrogen) atoms. The van der Waals surface area contributed by atoms with Crippen LogP contribution < -0.4 is 10.1 Å². The van der Waals surface area contributed by atoms with Crippen LogP contribution in [0.2, 0.25) is 0 Å². The molecule has 0 unspecified atom stereocenters. The molecule has 0 aliphatic carbocycles. The molecule has 0 atom stereocenters. The van der Waals surface area contributed by atoms with Gasteiger partial charge in [0.25, 0.3) is 5.91 Å². The van der Waals surface area contributed by atoms with E-state index in [0.29, 0.717) is 22.9 Å². The molecule has 0 bridgehead atoms. The van der Waals surface area contributed by atoms with E-state index in [-0.39, 0.29) is 18.3 Å². The summed E-state index contributed by atoms with van der Waals surface area (Å²) in [7, 11) is 0. The second-order valence-electron chi connectivity index (χ2n) is 3.88. The van der Waals surface area contributed by atoms with Gasteiger partial charge in [-0.1, -0.05) is 18.3 Å². The summed E-state index contributed by atoms with van der Waals surface area (Å²) in [5.41, 5.74) is 2.16. The van der Waals surface area contributed by atoms with E-state index < -0.39 is 0 Å². The number of ketones is 1. The van der Waals surface area contributed by atoms with Gasteiger partial charge >= 0.3 is 0 Å². The van der Waals surface area contributed by atoms with Gasteiger partial charge in [0.1, 0.15) is 11.3 Å². The van der Waals surface area contributed by atoms with Gasteiger partial charge in [-0.3, -0.25) is 14.9 Å². The molecule has 0 spiro atoms. The second kappa shape index (κ2) is 6.76. The minimum atomic E-state index is -0.310. The highest BCUT2D eigenvalue weighted by molar-refractivity contribution is 7.13. The topological polar surface area (TPSA) is 81.2 Å². The molecule has 1 aromatic carbocycles. The zero-order valence-electron chi connectivity index (χ0n) is 10.8. The van der Waals surface area contributed by atoms with Crippen LogP contribution in [0.25, 0.3) is 0 Å². The Morgan fingerprint density at radius 2 is 2.05 bits per heavy atom. The summed E-state index contributed by atoms with van der Waals surface area (Å²) in [5, 5.41) is 10.3. The van der Waals surface area contributed by atoms with Crippen molar-refractivity contribution in [3.8, 4) is 5.75 Å². The number of hydrogen-bond donors (Lipinski definition) is 1. The van der Waals surface area contributed by atoms with Crippen molar-refractivity contribution in [1.82, 2.24) is 10.2 Å². The molecule has 1 aromatic heterocycles. The Bertz CT molecular complexity index is 581. The maximum Gasteiger partial charge on any atom is 0.264 e. The Hall–Kier alpha value is -2.28. The lowest BCUT2D eigenvalue weighted by molar-refractivity contribution is -0.118. The first-order valence-electron chi connectivity index (χ1n) is 6.01. The lowest BCUT2D eigenvalue weighted by Crippen LogP contribution is -2.20. The van der Waals surface area contributed by atoms with E-state index in [1.54, 1.807) is 24.3 Å². The SMILES string of the molecule is CCC(=O)c1ccc(OCC(=O)Nc2nncs2)cc1. The van der Waals surface area contributed by atoms with Gasteiger partial charge in [-0.15, -0.1) is 10.2 Å². The predicted octanol–water partition coefficient (Wildman–Crippen LogP) is 2.15. The van der Waals surface area contributed by atoms with Gasteiger partial charge in [0.15, 0.2) is 12.4 Å². The van der Waals surface area contributed by atoms with Crippen LogP contribution in [-0.4, -0.2) is 28.5 Å². The lowest BCUT2D eigenvalue weighted by atomic mass is 10.1. The maximum atomic E-state index is 11.6. The third-order valence-electron chi connectivity index (χ3n) is 2.47. The van der Waals surface area contributed by atoms with Crippen LogP contribution in [0.3, 0.4) is 0 Å². The summed E-state index contributed by atoms with van der Waals surface area (Å²) in [4.78, 5) is 23.0. The van der Waals surface area contributed by atoms with E-state index in [4.69, 9.17) is 4.74 Å². The number of aromatic nitrogens is 2. The largest absolute Gasteiger partial charge is 0.484 e. The summed E-state index contributed by atoms with van der Waals surface area (Å²) in [5.74, 6) is 0.297.